The van der Waals surface area contributed by atoms with Gasteiger partial charge in [-0.1, -0.05) is 11.3 Å². The van der Waals surface area contributed by atoms with Crippen LogP contribution < -0.4 is 9.60 Å². The van der Waals surface area contributed by atoms with Crippen molar-refractivity contribution in [3.8, 4) is 0 Å². The number of thiazole rings is 1. The summed E-state index contributed by atoms with van der Waals surface area (Å²) in [7, 11) is -3.58. The van der Waals surface area contributed by atoms with Crippen LogP contribution in [-0.2, 0) is 21.3 Å². The van der Waals surface area contributed by atoms with E-state index in [1.54, 1.807) is 22.8 Å². The molecule has 1 fully saturated rings. The maximum atomic E-state index is 12.3. The minimum atomic E-state index is -3.58. The molecule has 1 atom stereocenters. The van der Waals surface area contributed by atoms with Crippen molar-refractivity contribution < 1.29 is 13.2 Å². The third-order valence-corrected chi connectivity index (χ3v) is 6.15. The first-order valence-electron chi connectivity index (χ1n) is 7.26. The smallest absolute Gasteiger partial charge is 0.308 e. The number of aromatic nitrogens is 1. The lowest BCUT2D eigenvalue weighted by atomic mass is 10.2. The van der Waals surface area contributed by atoms with Gasteiger partial charge in [0.25, 0.3) is 0 Å². The average Bonchev–Trinajstić information content (AvgIpc) is 3.10. The lowest BCUT2D eigenvalue weighted by Crippen LogP contribution is -2.31. The molecule has 0 radical (unpaired) electrons. The molecule has 0 unspecified atom stereocenters. The van der Waals surface area contributed by atoms with Gasteiger partial charge in [0.15, 0.2) is 0 Å². The second-order valence-electron chi connectivity index (χ2n) is 5.23. The second kappa shape index (κ2) is 6.11. The lowest BCUT2D eigenvalue weighted by Gasteiger charge is -2.11. The predicted octanol–water partition coefficient (Wildman–Crippen LogP) is 1.54. The number of hydrogen-bond donors (Lipinski definition) is 1. The van der Waals surface area contributed by atoms with Crippen LogP contribution in [0.1, 0.15) is 19.8 Å². The summed E-state index contributed by atoms with van der Waals surface area (Å²) in [6, 6.07) is 4.79. The highest BCUT2D eigenvalue weighted by Crippen LogP contribution is 2.22. The van der Waals surface area contributed by atoms with Crippen LogP contribution in [0.15, 0.2) is 27.9 Å². The van der Waals surface area contributed by atoms with Gasteiger partial charge >= 0.3 is 4.87 Å². The van der Waals surface area contributed by atoms with Gasteiger partial charge in [0.2, 0.25) is 10.0 Å². The fourth-order valence-electron chi connectivity index (χ4n) is 2.60. The van der Waals surface area contributed by atoms with E-state index in [0.717, 1.165) is 29.7 Å². The van der Waals surface area contributed by atoms with Crippen LogP contribution in [0.5, 0.6) is 0 Å². The molecule has 0 saturated carbocycles. The highest BCUT2D eigenvalue weighted by molar-refractivity contribution is 7.89. The molecule has 0 aliphatic carbocycles. The van der Waals surface area contributed by atoms with E-state index in [9.17, 15) is 13.2 Å². The quantitative estimate of drug-likeness (QED) is 0.894. The van der Waals surface area contributed by atoms with E-state index in [4.69, 9.17) is 4.74 Å². The number of hydrogen-bond acceptors (Lipinski definition) is 5. The number of nitrogens with zero attached hydrogens (tertiary/aromatic N) is 1. The summed E-state index contributed by atoms with van der Waals surface area (Å²) in [6.07, 6.45) is 1.80. The summed E-state index contributed by atoms with van der Waals surface area (Å²) < 4.78 is 35.0. The molecular formula is C14H18N2O4S2. The molecule has 0 bridgehead atoms. The molecule has 8 heteroatoms. The molecule has 1 saturated heterocycles. The number of sulfonamides is 1. The van der Waals surface area contributed by atoms with Crippen molar-refractivity contribution in [1.82, 2.24) is 9.29 Å². The first kappa shape index (κ1) is 15.7. The number of benzene rings is 1. The van der Waals surface area contributed by atoms with Crippen LogP contribution in [0.4, 0.5) is 0 Å². The summed E-state index contributed by atoms with van der Waals surface area (Å²) in [5, 5.41) is 0. The second-order valence-corrected chi connectivity index (χ2v) is 7.99. The molecule has 1 aliphatic heterocycles. The maximum absolute atomic E-state index is 12.3. The van der Waals surface area contributed by atoms with Gasteiger partial charge in [0.05, 0.1) is 21.2 Å². The molecule has 2 heterocycles. The van der Waals surface area contributed by atoms with Gasteiger partial charge in [-0.25, -0.2) is 13.1 Å². The third-order valence-electron chi connectivity index (χ3n) is 3.79. The van der Waals surface area contributed by atoms with Gasteiger partial charge in [-0.05, 0) is 38.0 Å². The van der Waals surface area contributed by atoms with Crippen molar-refractivity contribution in [3.05, 3.63) is 27.9 Å². The predicted molar refractivity (Wildman–Crippen MR) is 85.9 cm³/mol. The Hall–Kier alpha value is -1.22. The van der Waals surface area contributed by atoms with Crippen LogP contribution in [0.2, 0.25) is 0 Å². The maximum Gasteiger partial charge on any atom is 0.308 e. The Kier molecular flexibility index (Phi) is 4.35. The van der Waals surface area contributed by atoms with Gasteiger partial charge in [0, 0.05) is 19.7 Å². The highest BCUT2D eigenvalue weighted by Gasteiger charge is 2.21. The van der Waals surface area contributed by atoms with E-state index in [0.29, 0.717) is 17.9 Å². The molecule has 1 aliphatic rings. The highest BCUT2D eigenvalue weighted by atomic mass is 32.2. The van der Waals surface area contributed by atoms with Crippen molar-refractivity contribution in [2.75, 3.05) is 13.2 Å². The molecule has 22 heavy (non-hydrogen) atoms. The Bertz CT molecular complexity index is 832. The topological polar surface area (TPSA) is 77.4 Å². The fraction of sp³-hybridized carbons (Fsp3) is 0.500. The van der Waals surface area contributed by atoms with Crippen molar-refractivity contribution >= 4 is 31.6 Å². The number of fused-ring (bicyclic) bond motifs is 1. The zero-order valence-corrected chi connectivity index (χ0v) is 13.9. The Balaban J connectivity index is 1.86. The minimum Gasteiger partial charge on any atom is -0.377 e. The first-order valence-corrected chi connectivity index (χ1v) is 9.56. The van der Waals surface area contributed by atoms with Gasteiger partial charge < -0.3 is 4.74 Å². The number of rotatable bonds is 5. The number of aryl methyl sites for hydroxylation is 1. The zero-order chi connectivity index (χ0) is 15.7. The average molecular weight is 342 g/mol. The SMILES string of the molecule is CCn1c(=O)sc2cc(S(=O)(=O)NC[C@H]3CCCO3)ccc21. The fourth-order valence-corrected chi connectivity index (χ4v) is 4.77. The Morgan fingerprint density at radius 2 is 2.27 bits per heavy atom. The van der Waals surface area contributed by atoms with Gasteiger partial charge in [-0.2, -0.15) is 0 Å². The molecule has 6 nitrogen and oxygen atoms in total. The molecule has 1 aromatic carbocycles. The molecule has 3 rings (SSSR count). The van der Waals surface area contributed by atoms with Crippen molar-refractivity contribution in [1.29, 1.82) is 0 Å². The van der Waals surface area contributed by atoms with Crippen molar-refractivity contribution in [2.45, 2.75) is 37.3 Å². The standard InChI is InChI=1S/C14H18N2O4S2/c1-2-16-12-6-5-11(8-13(12)21-14(16)17)22(18,19)15-9-10-4-3-7-20-10/h5-6,8,10,15H,2-4,7,9H2,1H3/t10-/m1/s1. The van der Waals surface area contributed by atoms with E-state index in [2.05, 4.69) is 4.72 Å². The normalized spacial score (nSPS) is 19.0. The monoisotopic (exact) mass is 342 g/mol. The molecule has 0 spiro atoms. The van der Waals surface area contributed by atoms with Crippen molar-refractivity contribution in [3.63, 3.8) is 0 Å². The Morgan fingerprint density at radius 1 is 1.45 bits per heavy atom. The van der Waals surface area contributed by atoms with Gasteiger partial charge in [0.1, 0.15) is 0 Å². The van der Waals surface area contributed by atoms with E-state index >= 15 is 0 Å². The molecule has 1 aromatic heterocycles. The number of nitrogens with one attached hydrogen (secondary N) is 1. The Labute approximate surface area is 132 Å². The zero-order valence-electron chi connectivity index (χ0n) is 12.2. The largest absolute Gasteiger partial charge is 0.377 e. The van der Waals surface area contributed by atoms with Gasteiger partial charge in [-0.15, -0.1) is 0 Å². The van der Waals surface area contributed by atoms with Crippen LogP contribution in [0.25, 0.3) is 10.2 Å². The van der Waals surface area contributed by atoms with Gasteiger partial charge in [-0.3, -0.25) is 9.36 Å². The molecule has 120 valence electrons. The third kappa shape index (κ3) is 2.96. The number of ether oxygens (including phenoxy) is 1. The van der Waals surface area contributed by atoms with E-state index in [1.807, 2.05) is 6.92 Å². The summed E-state index contributed by atoms with van der Waals surface area (Å²) >= 11 is 1.07. The first-order chi connectivity index (χ1) is 10.5. The summed E-state index contributed by atoms with van der Waals surface area (Å²) in [4.78, 5) is 11.9. The van der Waals surface area contributed by atoms with E-state index in [-0.39, 0.29) is 22.4 Å². The minimum absolute atomic E-state index is 0.0456. The molecule has 1 N–H and O–H groups in total. The summed E-state index contributed by atoms with van der Waals surface area (Å²) in [5.41, 5.74) is 0.774. The van der Waals surface area contributed by atoms with E-state index < -0.39 is 10.0 Å². The van der Waals surface area contributed by atoms with E-state index in [1.165, 1.54) is 0 Å². The van der Waals surface area contributed by atoms with Crippen LogP contribution >= 0.6 is 11.3 Å². The lowest BCUT2D eigenvalue weighted by molar-refractivity contribution is 0.114. The van der Waals surface area contributed by atoms with Crippen molar-refractivity contribution in [2.24, 2.45) is 0 Å². The van der Waals surface area contributed by atoms with Crippen LogP contribution in [0, 0.1) is 0 Å². The molecule has 0 amide bonds. The molecule has 2 aromatic rings. The molecular weight excluding hydrogens is 324 g/mol. The summed E-state index contributed by atoms with van der Waals surface area (Å²) in [6.45, 7) is 3.44. The Morgan fingerprint density at radius 3 is 2.95 bits per heavy atom. The van der Waals surface area contributed by atoms with Crippen LogP contribution in [-0.4, -0.2) is 32.2 Å². The van der Waals surface area contributed by atoms with Crippen LogP contribution in [0.3, 0.4) is 0 Å². The summed E-state index contributed by atoms with van der Waals surface area (Å²) in [5.74, 6) is 0.